The lowest BCUT2D eigenvalue weighted by Crippen LogP contribution is -2.54. The minimum Gasteiger partial charge on any atom is -0.314 e. The molecule has 2 aliphatic rings. The van der Waals surface area contributed by atoms with Crippen LogP contribution >= 0.6 is 0 Å². The molecule has 8 nitrogen and oxygen atoms in total. The van der Waals surface area contributed by atoms with Crippen LogP contribution in [0.25, 0.3) is 0 Å². The van der Waals surface area contributed by atoms with E-state index in [1.54, 1.807) is 6.92 Å². The van der Waals surface area contributed by atoms with E-state index >= 15 is 0 Å². The molecule has 10 heteroatoms. The van der Waals surface area contributed by atoms with Crippen LogP contribution in [0.1, 0.15) is 19.8 Å². The van der Waals surface area contributed by atoms with Crippen LogP contribution in [-0.2, 0) is 20.2 Å². The normalized spacial score (nSPS) is 24.2. The molecule has 0 aliphatic carbocycles. The third-order valence-corrected chi connectivity index (χ3v) is 7.40. The lowest BCUT2D eigenvalue weighted by Gasteiger charge is -2.36. The van der Waals surface area contributed by atoms with Gasteiger partial charge < -0.3 is 5.32 Å². The number of piperidine rings is 1. The van der Waals surface area contributed by atoms with Crippen molar-refractivity contribution >= 4 is 20.2 Å². The smallest absolute Gasteiger partial charge is 0.282 e. The summed E-state index contributed by atoms with van der Waals surface area (Å²) in [7, 11) is -6.64. The van der Waals surface area contributed by atoms with Gasteiger partial charge in [-0.3, -0.25) is 0 Å². The van der Waals surface area contributed by atoms with Gasteiger partial charge in [0.2, 0.25) is 10.0 Å². The molecule has 2 saturated heterocycles. The molecule has 21 heavy (non-hydrogen) atoms. The zero-order chi connectivity index (χ0) is 15.5. The zero-order valence-corrected chi connectivity index (χ0v) is 13.9. The Morgan fingerprint density at radius 1 is 1.00 bits per heavy atom. The summed E-state index contributed by atoms with van der Waals surface area (Å²) >= 11 is 0. The molecule has 0 bridgehead atoms. The van der Waals surface area contributed by atoms with Crippen LogP contribution in [0.4, 0.5) is 0 Å². The molecular weight excluding hydrogens is 316 g/mol. The van der Waals surface area contributed by atoms with E-state index in [-0.39, 0.29) is 11.8 Å². The second-order valence-electron chi connectivity index (χ2n) is 5.35. The highest BCUT2D eigenvalue weighted by Crippen LogP contribution is 2.18. The molecule has 0 aromatic rings. The first-order valence-electron chi connectivity index (χ1n) is 7.31. The molecule has 2 N–H and O–H groups in total. The van der Waals surface area contributed by atoms with E-state index in [4.69, 9.17) is 0 Å². The van der Waals surface area contributed by atoms with Crippen LogP contribution in [0.5, 0.6) is 0 Å². The summed E-state index contributed by atoms with van der Waals surface area (Å²) in [5, 5.41) is 3.13. The van der Waals surface area contributed by atoms with Crippen LogP contribution in [0.15, 0.2) is 0 Å². The fourth-order valence-corrected chi connectivity index (χ4v) is 5.13. The highest BCUT2D eigenvalue weighted by atomic mass is 32.2. The quantitative estimate of drug-likeness (QED) is 0.637. The van der Waals surface area contributed by atoms with Gasteiger partial charge in [0.15, 0.2) is 0 Å². The van der Waals surface area contributed by atoms with Gasteiger partial charge in [0, 0.05) is 45.3 Å². The Morgan fingerprint density at radius 3 is 2.05 bits per heavy atom. The Hall–Kier alpha value is -0.260. The van der Waals surface area contributed by atoms with Crippen LogP contribution in [-0.4, -0.2) is 76.5 Å². The summed E-state index contributed by atoms with van der Waals surface area (Å²) in [5.74, 6) is 0.0479. The maximum Gasteiger partial charge on any atom is 0.282 e. The van der Waals surface area contributed by atoms with Gasteiger partial charge in [0.1, 0.15) is 0 Å². The lowest BCUT2D eigenvalue weighted by atomic mass is 10.1. The summed E-state index contributed by atoms with van der Waals surface area (Å²) in [4.78, 5) is 0. The minimum atomic E-state index is -3.41. The van der Waals surface area contributed by atoms with Crippen molar-refractivity contribution < 1.29 is 16.8 Å². The largest absolute Gasteiger partial charge is 0.314 e. The topological polar surface area (TPSA) is 98.8 Å². The summed E-state index contributed by atoms with van der Waals surface area (Å²) in [6, 6.07) is -0.163. The van der Waals surface area contributed by atoms with Crippen molar-refractivity contribution in [1.29, 1.82) is 0 Å². The number of hydrogen-bond donors (Lipinski definition) is 2. The van der Waals surface area contributed by atoms with Gasteiger partial charge in [-0.2, -0.15) is 17.0 Å². The lowest BCUT2D eigenvalue weighted by molar-refractivity contribution is 0.270. The highest BCUT2D eigenvalue weighted by Gasteiger charge is 2.34. The maximum absolute atomic E-state index is 12.5. The Labute approximate surface area is 127 Å². The van der Waals surface area contributed by atoms with E-state index < -0.39 is 20.2 Å². The van der Waals surface area contributed by atoms with E-state index in [1.807, 2.05) is 0 Å². The van der Waals surface area contributed by atoms with Crippen LogP contribution < -0.4 is 10.0 Å². The van der Waals surface area contributed by atoms with Crippen LogP contribution in [0.2, 0.25) is 0 Å². The monoisotopic (exact) mass is 340 g/mol. The van der Waals surface area contributed by atoms with Gasteiger partial charge in [-0.25, -0.2) is 13.1 Å². The molecular formula is C11H24N4O4S2. The molecule has 124 valence electrons. The van der Waals surface area contributed by atoms with E-state index in [0.717, 1.165) is 0 Å². The second-order valence-corrected chi connectivity index (χ2v) is 9.32. The van der Waals surface area contributed by atoms with Crippen molar-refractivity contribution in [3.8, 4) is 0 Å². The average molecular weight is 340 g/mol. The summed E-state index contributed by atoms with van der Waals surface area (Å²) < 4.78 is 53.6. The van der Waals surface area contributed by atoms with Gasteiger partial charge >= 0.3 is 0 Å². The Kier molecular flexibility index (Phi) is 5.60. The Balaban J connectivity index is 1.91. The molecule has 2 fully saturated rings. The van der Waals surface area contributed by atoms with Crippen molar-refractivity contribution in [2.75, 3.05) is 45.0 Å². The van der Waals surface area contributed by atoms with Gasteiger partial charge in [0.05, 0.1) is 5.75 Å². The summed E-state index contributed by atoms with van der Waals surface area (Å²) in [5.41, 5.74) is 0. The maximum atomic E-state index is 12.5. The molecule has 0 spiro atoms. The fourth-order valence-electron chi connectivity index (χ4n) is 2.58. The number of hydrogen-bond acceptors (Lipinski definition) is 5. The average Bonchev–Trinajstić information content (AvgIpc) is 2.48. The van der Waals surface area contributed by atoms with Crippen LogP contribution in [0, 0.1) is 0 Å². The first kappa shape index (κ1) is 17.1. The number of piperazine rings is 1. The molecule has 2 heterocycles. The molecule has 0 aromatic heterocycles. The van der Waals surface area contributed by atoms with E-state index in [2.05, 4.69) is 10.0 Å². The standard InChI is InChI=1S/C11H24N4O4S2/c1-2-20(16,17)13-11-3-7-14(8-4-11)21(18,19)15-9-5-12-6-10-15/h11-13H,2-10H2,1H3. The number of nitrogens with zero attached hydrogens (tertiary/aromatic N) is 2. The number of rotatable bonds is 5. The third kappa shape index (κ3) is 4.36. The van der Waals surface area contributed by atoms with Gasteiger partial charge in [-0.15, -0.1) is 0 Å². The first-order chi connectivity index (χ1) is 9.85. The number of nitrogens with one attached hydrogen (secondary N) is 2. The Morgan fingerprint density at radius 2 is 1.52 bits per heavy atom. The predicted molar refractivity (Wildman–Crippen MR) is 80.6 cm³/mol. The summed E-state index contributed by atoms with van der Waals surface area (Å²) in [6.45, 7) is 4.64. The second kappa shape index (κ2) is 6.88. The van der Waals surface area contributed by atoms with E-state index in [0.29, 0.717) is 52.1 Å². The van der Waals surface area contributed by atoms with Crippen molar-refractivity contribution in [1.82, 2.24) is 18.6 Å². The SMILES string of the molecule is CCS(=O)(=O)NC1CCN(S(=O)(=O)N2CCNCC2)CC1. The Bertz CT molecular complexity index is 535. The summed E-state index contributed by atoms with van der Waals surface area (Å²) in [6.07, 6.45) is 1.04. The van der Waals surface area contributed by atoms with Gasteiger partial charge in [-0.1, -0.05) is 0 Å². The van der Waals surface area contributed by atoms with Crippen molar-refractivity contribution in [3.63, 3.8) is 0 Å². The molecule has 0 saturated carbocycles. The fraction of sp³-hybridized carbons (Fsp3) is 1.00. The molecule has 2 aliphatic heterocycles. The molecule has 0 amide bonds. The molecule has 0 aromatic carbocycles. The van der Waals surface area contributed by atoms with Crippen molar-refractivity contribution in [3.05, 3.63) is 0 Å². The third-order valence-electron chi connectivity index (χ3n) is 3.91. The van der Waals surface area contributed by atoms with Gasteiger partial charge in [-0.05, 0) is 19.8 Å². The van der Waals surface area contributed by atoms with Crippen LogP contribution in [0.3, 0.4) is 0 Å². The molecule has 2 rings (SSSR count). The van der Waals surface area contributed by atoms with Crippen molar-refractivity contribution in [2.24, 2.45) is 0 Å². The minimum absolute atomic E-state index is 0.0479. The highest BCUT2D eigenvalue weighted by molar-refractivity contribution is 7.89. The van der Waals surface area contributed by atoms with E-state index in [9.17, 15) is 16.8 Å². The zero-order valence-electron chi connectivity index (χ0n) is 12.3. The molecule has 0 radical (unpaired) electrons. The number of sulfonamides is 1. The first-order valence-corrected chi connectivity index (χ1v) is 10.4. The molecule has 0 unspecified atom stereocenters. The van der Waals surface area contributed by atoms with Crippen molar-refractivity contribution in [2.45, 2.75) is 25.8 Å². The van der Waals surface area contributed by atoms with Gasteiger partial charge in [0.25, 0.3) is 10.2 Å². The predicted octanol–water partition coefficient (Wildman–Crippen LogP) is -1.46. The molecule has 0 atom stereocenters. The van der Waals surface area contributed by atoms with E-state index in [1.165, 1.54) is 8.61 Å².